The Labute approximate surface area is 132 Å². The van der Waals surface area contributed by atoms with Gasteiger partial charge in [0.25, 0.3) is 5.95 Å². The molecule has 0 spiro atoms. The number of aromatic nitrogens is 3. The Morgan fingerprint density at radius 2 is 2.13 bits per heavy atom. The molecule has 0 fully saturated rings. The van der Waals surface area contributed by atoms with Gasteiger partial charge in [-0.05, 0) is 12.5 Å². The molecule has 1 aromatic carbocycles. The molecule has 9 heteroatoms. The van der Waals surface area contributed by atoms with Gasteiger partial charge in [0.15, 0.2) is 11.5 Å². The Morgan fingerprint density at radius 1 is 1.43 bits per heavy atom. The van der Waals surface area contributed by atoms with E-state index in [0.717, 1.165) is 0 Å². The van der Waals surface area contributed by atoms with Gasteiger partial charge in [0, 0.05) is 0 Å². The van der Waals surface area contributed by atoms with Crippen LogP contribution in [0, 0.1) is 18.3 Å². The molecule has 1 heterocycles. The lowest BCUT2D eigenvalue weighted by atomic mass is 9.95. The number of nitrogens with zero attached hydrogens (tertiary/aromatic N) is 5. The molecule has 0 aliphatic heterocycles. The van der Waals surface area contributed by atoms with E-state index in [1.54, 1.807) is 31.2 Å². The van der Waals surface area contributed by atoms with Gasteiger partial charge in [-0.25, -0.2) is 14.9 Å². The summed E-state index contributed by atoms with van der Waals surface area (Å²) < 4.78 is 5.87. The lowest BCUT2D eigenvalue weighted by Crippen LogP contribution is -2.25. The number of ether oxygens (including phenoxy) is 1. The second-order valence-electron chi connectivity index (χ2n) is 4.51. The van der Waals surface area contributed by atoms with Crippen molar-refractivity contribution in [3.05, 3.63) is 41.7 Å². The molecule has 118 valence electrons. The van der Waals surface area contributed by atoms with E-state index in [1.165, 1.54) is 11.8 Å². The van der Waals surface area contributed by atoms with Crippen molar-refractivity contribution in [3.8, 4) is 6.07 Å². The summed E-state index contributed by atoms with van der Waals surface area (Å²) in [7, 11) is 1.22. The third-order valence-electron chi connectivity index (χ3n) is 3.07. The fourth-order valence-electron chi connectivity index (χ4n) is 1.83. The van der Waals surface area contributed by atoms with Gasteiger partial charge in [-0.15, -0.1) is 10.2 Å². The first-order valence-corrected chi connectivity index (χ1v) is 6.62. The number of aryl methyl sites for hydroxylation is 1. The first-order chi connectivity index (χ1) is 11.1. The standard InChI is InChI=1S/C14H15N7O2/c1-9-17-19-14(21(9)16)20-18-12(13(22)23-2)11(8-15)10-6-4-3-5-7-10/h3-7,11H,16H2,1-2H3,(H,19,20)/b18-12+. The van der Waals surface area contributed by atoms with Crippen molar-refractivity contribution in [2.75, 3.05) is 18.4 Å². The number of rotatable bonds is 5. The summed E-state index contributed by atoms with van der Waals surface area (Å²) in [5, 5.41) is 20.9. The minimum atomic E-state index is -0.897. The van der Waals surface area contributed by atoms with Crippen LogP contribution in [0.2, 0.25) is 0 Å². The number of nitrogens with two attached hydrogens (primary N) is 1. The molecule has 9 nitrogen and oxygen atoms in total. The fraction of sp³-hybridized carbons (Fsp3) is 0.214. The van der Waals surface area contributed by atoms with Gasteiger partial charge >= 0.3 is 5.97 Å². The molecule has 0 aliphatic rings. The smallest absolute Gasteiger partial charge is 0.355 e. The first kappa shape index (κ1) is 16.0. The quantitative estimate of drug-likeness (QED) is 0.356. The number of hydrazone groups is 1. The van der Waals surface area contributed by atoms with Gasteiger partial charge < -0.3 is 10.6 Å². The Balaban J connectivity index is 2.36. The third-order valence-corrected chi connectivity index (χ3v) is 3.07. The van der Waals surface area contributed by atoms with Gasteiger partial charge in [0.2, 0.25) is 0 Å². The number of hydrogen-bond donors (Lipinski definition) is 2. The molecule has 3 N–H and O–H groups in total. The van der Waals surface area contributed by atoms with Crippen molar-refractivity contribution in [2.24, 2.45) is 5.10 Å². The zero-order valence-corrected chi connectivity index (χ0v) is 12.6. The molecule has 2 rings (SSSR count). The van der Waals surface area contributed by atoms with Crippen molar-refractivity contribution < 1.29 is 9.53 Å². The van der Waals surface area contributed by atoms with E-state index in [-0.39, 0.29) is 11.7 Å². The third kappa shape index (κ3) is 3.44. The maximum absolute atomic E-state index is 12.0. The SMILES string of the molecule is COC(=O)/C(=N/Nc1nnc(C)n1N)C(C#N)c1ccccc1. The molecule has 0 saturated carbocycles. The van der Waals surface area contributed by atoms with Gasteiger partial charge in [0.1, 0.15) is 5.92 Å². The molecular formula is C14H15N7O2. The summed E-state index contributed by atoms with van der Waals surface area (Å²) in [6.07, 6.45) is 0. The van der Waals surface area contributed by atoms with Crippen LogP contribution in [0.3, 0.4) is 0 Å². The topological polar surface area (TPSA) is 131 Å². The van der Waals surface area contributed by atoms with Crippen LogP contribution in [0.5, 0.6) is 0 Å². The van der Waals surface area contributed by atoms with E-state index >= 15 is 0 Å². The Hall–Kier alpha value is -3.41. The number of methoxy groups -OCH3 is 1. The molecule has 0 aliphatic carbocycles. The molecule has 0 bridgehead atoms. The van der Waals surface area contributed by atoms with Crippen LogP contribution in [0.1, 0.15) is 17.3 Å². The summed E-state index contributed by atoms with van der Waals surface area (Å²) in [5.74, 6) is 4.66. The van der Waals surface area contributed by atoms with E-state index in [2.05, 4.69) is 20.7 Å². The molecule has 0 radical (unpaired) electrons. The minimum Gasteiger partial charge on any atom is -0.464 e. The first-order valence-electron chi connectivity index (χ1n) is 6.62. The molecule has 1 atom stereocenters. The number of hydrogen-bond acceptors (Lipinski definition) is 8. The molecule has 1 unspecified atom stereocenters. The summed E-state index contributed by atoms with van der Waals surface area (Å²) >= 11 is 0. The predicted octanol–water partition coefficient (Wildman–Crippen LogP) is 0.549. The normalized spacial score (nSPS) is 12.3. The highest BCUT2D eigenvalue weighted by atomic mass is 16.5. The number of nitrogen functional groups attached to an aromatic ring is 1. The highest BCUT2D eigenvalue weighted by Gasteiger charge is 2.26. The molecule has 23 heavy (non-hydrogen) atoms. The monoisotopic (exact) mass is 313 g/mol. The number of esters is 1. The van der Waals surface area contributed by atoms with Gasteiger partial charge in [-0.2, -0.15) is 10.4 Å². The maximum Gasteiger partial charge on any atom is 0.355 e. The van der Waals surface area contributed by atoms with Gasteiger partial charge in [-0.3, -0.25) is 0 Å². The van der Waals surface area contributed by atoms with Crippen LogP contribution in [-0.2, 0) is 9.53 Å². The largest absolute Gasteiger partial charge is 0.464 e. The zero-order valence-electron chi connectivity index (χ0n) is 12.6. The van der Waals surface area contributed by atoms with E-state index < -0.39 is 11.9 Å². The van der Waals surface area contributed by atoms with Crippen molar-refractivity contribution in [1.29, 1.82) is 5.26 Å². The average molecular weight is 313 g/mol. The lowest BCUT2D eigenvalue weighted by Gasteiger charge is -2.11. The Kier molecular flexibility index (Phi) is 4.89. The van der Waals surface area contributed by atoms with Crippen LogP contribution in [0.15, 0.2) is 35.4 Å². The van der Waals surface area contributed by atoms with Crippen molar-refractivity contribution in [3.63, 3.8) is 0 Å². The van der Waals surface area contributed by atoms with Crippen molar-refractivity contribution >= 4 is 17.6 Å². The van der Waals surface area contributed by atoms with Crippen LogP contribution in [-0.4, -0.2) is 33.7 Å². The van der Waals surface area contributed by atoms with Crippen LogP contribution < -0.4 is 11.3 Å². The van der Waals surface area contributed by atoms with Crippen molar-refractivity contribution in [2.45, 2.75) is 12.8 Å². The number of nitriles is 1. The van der Waals surface area contributed by atoms with Crippen LogP contribution >= 0.6 is 0 Å². The van der Waals surface area contributed by atoms with Crippen LogP contribution in [0.4, 0.5) is 5.95 Å². The number of nitrogens with one attached hydrogen (secondary N) is 1. The second-order valence-corrected chi connectivity index (χ2v) is 4.51. The highest BCUT2D eigenvalue weighted by Crippen LogP contribution is 2.18. The molecule has 0 amide bonds. The fourth-order valence-corrected chi connectivity index (χ4v) is 1.83. The summed E-state index contributed by atoms with van der Waals surface area (Å²) in [6, 6.07) is 10.8. The van der Waals surface area contributed by atoms with E-state index in [0.29, 0.717) is 11.4 Å². The summed E-state index contributed by atoms with van der Waals surface area (Å²) in [4.78, 5) is 12.0. The molecule has 2 aromatic rings. The van der Waals surface area contributed by atoms with E-state index in [9.17, 15) is 10.1 Å². The van der Waals surface area contributed by atoms with Crippen molar-refractivity contribution in [1.82, 2.24) is 14.9 Å². The lowest BCUT2D eigenvalue weighted by molar-refractivity contribution is -0.132. The number of carbonyl (C=O) groups is 1. The van der Waals surface area contributed by atoms with Gasteiger partial charge in [-0.1, -0.05) is 30.3 Å². The highest BCUT2D eigenvalue weighted by molar-refractivity contribution is 6.39. The number of carbonyl (C=O) groups excluding carboxylic acids is 1. The van der Waals surface area contributed by atoms with E-state index in [4.69, 9.17) is 10.6 Å². The second kappa shape index (κ2) is 7.04. The Bertz CT molecular complexity index is 761. The maximum atomic E-state index is 12.0. The number of anilines is 1. The van der Waals surface area contributed by atoms with Gasteiger partial charge in [0.05, 0.1) is 13.2 Å². The minimum absolute atomic E-state index is 0.109. The summed E-state index contributed by atoms with van der Waals surface area (Å²) in [5.41, 5.74) is 3.04. The van der Waals surface area contributed by atoms with E-state index in [1.807, 2.05) is 12.1 Å². The Morgan fingerprint density at radius 3 is 2.65 bits per heavy atom. The predicted molar refractivity (Wildman–Crippen MR) is 82.8 cm³/mol. The molecule has 0 saturated heterocycles. The average Bonchev–Trinajstić information content (AvgIpc) is 2.90. The number of benzene rings is 1. The summed E-state index contributed by atoms with van der Waals surface area (Å²) in [6.45, 7) is 1.66. The molecular weight excluding hydrogens is 298 g/mol. The van der Waals surface area contributed by atoms with Crippen LogP contribution in [0.25, 0.3) is 0 Å². The zero-order chi connectivity index (χ0) is 16.8. The molecule has 1 aromatic heterocycles.